The van der Waals surface area contributed by atoms with Crippen molar-refractivity contribution in [1.29, 1.82) is 0 Å². The standard InChI is InChI=1S/C29H27ClFN5O3/c1-17(33-29(38)39-16-22-20-8-4-2-6-18(20)19-7-3-5-9-21(19)22)27-34-26-24(31)11-10-23(30)25(26)28(37)36(27)35-14-12-32-13-15-35/h2-11,17,22,32H,12-16H2,1H3,(H,33,38)/t17-/m0/s1. The van der Waals surface area contributed by atoms with Crippen molar-refractivity contribution in [2.45, 2.75) is 18.9 Å². The Morgan fingerprint density at radius 2 is 1.74 bits per heavy atom. The average molecular weight is 548 g/mol. The molecule has 4 aromatic rings. The molecule has 200 valence electrons. The van der Waals surface area contributed by atoms with Gasteiger partial charge in [-0.2, -0.15) is 0 Å². The summed E-state index contributed by atoms with van der Waals surface area (Å²) in [6.07, 6.45) is -0.655. The van der Waals surface area contributed by atoms with E-state index in [1.807, 2.05) is 29.3 Å². The Balaban J connectivity index is 1.27. The number of rotatable bonds is 5. The molecule has 1 aliphatic carbocycles. The molecule has 1 amide bonds. The van der Waals surface area contributed by atoms with E-state index in [1.165, 1.54) is 16.8 Å². The Labute approximate surface area is 229 Å². The van der Waals surface area contributed by atoms with E-state index < -0.39 is 23.5 Å². The van der Waals surface area contributed by atoms with Gasteiger partial charge < -0.3 is 20.4 Å². The summed E-state index contributed by atoms with van der Waals surface area (Å²) < 4.78 is 21.9. The van der Waals surface area contributed by atoms with Crippen molar-refractivity contribution >= 4 is 28.6 Å². The summed E-state index contributed by atoms with van der Waals surface area (Å²) in [5, 5.41) is 8.00. The molecular weight excluding hydrogens is 521 g/mol. The molecule has 0 radical (unpaired) electrons. The first-order chi connectivity index (χ1) is 18.9. The molecular formula is C29H27ClFN5O3. The predicted molar refractivity (Wildman–Crippen MR) is 148 cm³/mol. The molecule has 0 spiro atoms. The zero-order valence-corrected chi connectivity index (χ0v) is 22.0. The van der Waals surface area contributed by atoms with E-state index in [1.54, 1.807) is 6.92 Å². The van der Waals surface area contributed by atoms with Gasteiger partial charge in [0, 0.05) is 32.1 Å². The lowest BCUT2D eigenvalue weighted by Gasteiger charge is -2.33. The van der Waals surface area contributed by atoms with Crippen molar-refractivity contribution < 1.29 is 13.9 Å². The number of amides is 1. The molecule has 1 atom stereocenters. The first-order valence-corrected chi connectivity index (χ1v) is 13.3. The van der Waals surface area contributed by atoms with Gasteiger partial charge in [-0.25, -0.2) is 18.8 Å². The second kappa shape index (κ2) is 10.3. The summed E-state index contributed by atoms with van der Waals surface area (Å²) in [6.45, 7) is 4.22. The highest BCUT2D eigenvalue weighted by atomic mass is 35.5. The summed E-state index contributed by atoms with van der Waals surface area (Å²) in [5.41, 5.74) is 3.87. The minimum atomic E-state index is -0.758. The lowest BCUT2D eigenvalue weighted by molar-refractivity contribution is 0.139. The van der Waals surface area contributed by atoms with E-state index in [9.17, 15) is 14.0 Å². The van der Waals surface area contributed by atoms with Gasteiger partial charge in [0.2, 0.25) is 0 Å². The van der Waals surface area contributed by atoms with Crippen LogP contribution in [0.2, 0.25) is 5.02 Å². The number of halogens is 2. The Kier molecular flexibility index (Phi) is 6.70. The molecule has 8 nitrogen and oxygen atoms in total. The first-order valence-electron chi connectivity index (χ1n) is 12.9. The van der Waals surface area contributed by atoms with Crippen LogP contribution in [-0.2, 0) is 4.74 Å². The number of aromatic nitrogens is 2. The van der Waals surface area contributed by atoms with Crippen LogP contribution >= 0.6 is 11.6 Å². The van der Waals surface area contributed by atoms with Gasteiger partial charge in [0.1, 0.15) is 17.9 Å². The summed E-state index contributed by atoms with van der Waals surface area (Å²) >= 11 is 6.30. The SMILES string of the molecule is C[C@H](NC(=O)OCC1c2ccccc2-c2ccccc21)c1nc2c(F)ccc(Cl)c2c(=O)n1N1CCNCC1. The lowest BCUT2D eigenvalue weighted by Crippen LogP contribution is -2.54. The van der Waals surface area contributed by atoms with E-state index in [2.05, 4.69) is 39.9 Å². The van der Waals surface area contributed by atoms with Crippen LogP contribution in [-0.4, -0.2) is 48.5 Å². The number of nitrogens with zero attached hydrogens (tertiary/aromatic N) is 3. The molecule has 2 aliphatic rings. The van der Waals surface area contributed by atoms with Crippen molar-refractivity contribution in [1.82, 2.24) is 20.3 Å². The zero-order valence-electron chi connectivity index (χ0n) is 21.3. The average Bonchev–Trinajstić information content (AvgIpc) is 3.27. The Morgan fingerprint density at radius 1 is 1.10 bits per heavy atom. The number of carbonyl (C=O) groups excluding carboxylic acids is 1. The van der Waals surface area contributed by atoms with E-state index in [0.29, 0.717) is 26.2 Å². The van der Waals surface area contributed by atoms with Crippen molar-refractivity contribution in [2.75, 3.05) is 37.8 Å². The first kappa shape index (κ1) is 25.3. The topological polar surface area (TPSA) is 88.5 Å². The fourth-order valence-corrected chi connectivity index (χ4v) is 5.75. The molecule has 3 aromatic carbocycles. The Morgan fingerprint density at radius 3 is 2.41 bits per heavy atom. The van der Waals surface area contributed by atoms with Gasteiger partial charge in [-0.05, 0) is 41.3 Å². The molecule has 0 unspecified atom stereocenters. The molecule has 0 saturated carbocycles. The highest BCUT2D eigenvalue weighted by Gasteiger charge is 2.30. The molecule has 2 N–H and O–H groups in total. The van der Waals surface area contributed by atoms with Gasteiger partial charge >= 0.3 is 6.09 Å². The number of ether oxygens (including phenoxy) is 1. The Hall–Kier alpha value is -3.95. The fraction of sp³-hybridized carbons (Fsp3) is 0.276. The van der Waals surface area contributed by atoms with Crippen molar-refractivity contribution in [2.24, 2.45) is 0 Å². The quantitative estimate of drug-likeness (QED) is 0.387. The third-order valence-corrected chi connectivity index (χ3v) is 7.68. The van der Waals surface area contributed by atoms with Crippen molar-refractivity contribution in [3.63, 3.8) is 0 Å². The molecule has 1 aliphatic heterocycles. The third-order valence-electron chi connectivity index (χ3n) is 7.37. The minimum absolute atomic E-state index is 0.00675. The van der Waals surface area contributed by atoms with Gasteiger partial charge in [0.15, 0.2) is 5.82 Å². The van der Waals surface area contributed by atoms with Crippen LogP contribution in [0.25, 0.3) is 22.0 Å². The molecule has 1 saturated heterocycles. The van der Waals surface area contributed by atoms with Gasteiger partial charge in [-0.3, -0.25) is 4.79 Å². The normalized spacial score (nSPS) is 15.6. The molecule has 10 heteroatoms. The zero-order chi connectivity index (χ0) is 27.1. The maximum Gasteiger partial charge on any atom is 0.407 e. The molecule has 1 aromatic heterocycles. The van der Waals surface area contributed by atoms with Gasteiger partial charge in [0.25, 0.3) is 5.56 Å². The second-order valence-electron chi connectivity index (χ2n) is 9.74. The predicted octanol–water partition coefficient (Wildman–Crippen LogP) is 4.33. The Bertz CT molecular complexity index is 1590. The number of benzene rings is 3. The van der Waals surface area contributed by atoms with Gasteiger partial charge in [-0.15, -0.1) is 0 Å². The largest absolute Gasteiger partial charge is 0.449 e. The van der Waals surface area contributed by atoms with Crippen LogP contribution in [0, 0.1) is 5.82 Å². The molecule has 2 heterocycles. The van der Waals surface area contributed by atoms with E-state index >= 15 is 0 Å². The number of carbonyl (C=O) groups is 1. The van der Waals surface area contributed by atoms with Crippen LogP contribution < -0.4 is 21.2 Å². The number of hydrogen-bond donors (Lipinski definition) is 2. The molecule has 39 heavy (non-hydrogen) atoms. The maximum absolute atomic E-state index is 14.8. The summed E-state index contributed by atoms with van der Waals surface area (Å²) in [6, 6.07) is 18.0. The lowest BCUT2D eigenvalue weighted by atomic mass is 9.98. The minimum Gasteiger partial charge on any atom is -0.449 e. The van der Waals surface area contributed by atoms with Crippen molar-refractivity contribution in [3.05, 3.63) is 98.8 Å². The molecule has 0 bridgehead atoms. The number of hydrogen-bond acceptors (Lipinski definition) is 6. The van der Waals surface area contributed by atoms with Crippen molar-refractivity contribution in [3.8, 4) is 11.1 Å². The number of piperazine rings is 1. The van der Waals surface area contributed by atoms with Gasteiger partial charge in [-0.1, -0.05) is 60.1 Å². The molecule has 1 fully saturated rings. The summed E-state index contributed by atoms with van der Waals surface area (Å²) in [5.74, 6) is -0.551. The molecule has 6 rings (SSSR count). The van der Waals surface area contributed by atoms with Crippen LogP contribution in [0.4, 0.5) is 9.18 Å². The second-order valence-corrected chi connectivity index (χ2v) is 10.1. The number of nitrogens with one attached hydrogen (secondary N) is 2. The highest BCUT2D eigenvalue weighted by molar-refractivity contribution is 6.35. The summed E-state index contributed by atoms with van der Waals surface area (Å²) in [7, 11) is 0. The van der Waals surface area contributed by atoms with Crippen LogP contribution in [0.1, 0.15) is 35.8 Å². The van der Waals surface area contributed by atoms with E-state index in [-0.39, 0.29) is 34.3 Å². The van der Waals surface area contributed by atoms with Crippen LogP contribution in [0.15, 0.2) is 65.5 Å². The summed E-state index contributed by atoms with van der Waals surface area (Å²) in [4.78, 5) is 31.1. The number of fused-ring (bicyclic) bond motifs is 4. The third kappa shape index (κ3) is 4.51. The maximum atomic E-state index is 14.8. The van der Waals surface area contributed by atoms with Crippen LogP contribution in [0.5, 0.6) is 0 Å². The monoisotopic (exact) mass is 547 g/mol. The van der Waals surface area contributed by atoms with E-state index in [4.69, 9.17) is 16.3 Å². The van der Waals surface area contributed by atoms with Gasteiger partial charge in [0.05, 0.1) is 16.5 Å². The number of alkyl carbamates (subject to hydrolysis) is 1. The van der Waals surface area contributed by atoms with E-state index in [0.717, 1.165) is 22.3 Å². The van der Waals surface area contributed by atoms with Crippen LogP contribution in [0.3, 0.4) is 0 Å². The highest BCUT2D eigenvalue weighted by Crippen LogP contribution is 2.44. The smallest absolute Gasteiger partial charge is 0.407 e. The fourth-order valence-electron chi connectivity index (χ4n) is 5.51.